The van der Waals surface area contributed by atoms with Gasteiger partial charge in [-0.3, -0.25) is 5.10 Å². The van der Waals surface area contributed by atoms with Gasteiger partial charge in [-0.1, -0.05) is 26.7 Å². The monoisotopic (exact) mass is 262 g/mol. The number of anilines is 2. The second-order valence-corrected chi connectivity index (χ2v) is 4.59. The summed E-state index contributed by atoms with van der Waals surface area (Å²) < 4.78 is 0. The van der Waals surface area contributed by atoms with Crippen LogP contribution >= 0.6 is 0 Å². The lowest BCUT2D eigenvalue weighted by Gasteiger charge is -2.09. The molecule has 0 aromatic carbocycles. The van der Waals surface area contributed by atoms with Gasteiger partial charge >= 0.3 is 0 Å². The number of aromatic nitrogens is 4. The van der Waals surface area contributed by atoms with Crippen LogP contribution in [0.1, 0.15) is 39.5 Å². The normalized spacial score (nSPS) is 10.8. The van der Waals surface area contributed by atoms with Crippen molar-refractivity contribution in [1.29, 1.82) is 0 Å². The molecule has 0 bridgehead atoms. The number of rotatable bonds is 8. The first-order valence-electron chi connectivity index (χ1n) is 7.04. The summed E-state index contributed by atoms with van der Waals surface area (Å²) >= 11 is 0. The largest absolute Gasteiger partial charge is 0.369 e. The quantitative estimate of drug-likeness (QED) is 0.638. The zero-order chi connectivity index (χ0) is 13.5. The highest BCUT2D eigenvalue weighted by Gasteiger charge is 2.08. The standard InChI is InChI=1S/C13H22N6/c1-3-5-6-8-14-11-10-9-16-19-12(10)18-13(17-11)15-7-4-2/h9H,3-8H2,1-2H3,(H3,14,15,16,17,18,19). The van der Waals surface area contributed by atoms with Gasteiger partial charge in [-0.2, -0.15) is 15.1 Å². The van der Waals surface area contributed by atoms with Gasteiger partial charge in [-0.25, -0.2) is 0 Å². The van der Waals surface area contributed by atoms with Gasteiger partial charge in [0, 0.05) is 13.1 Å². The second kappa shape index (κ2) is 6.92. The number of aromatic amines is 1. The molecule has 104 valence electrons. The van der Waals surface area contributed by atoms with Crippen LogP contribution in [-0.2, 0) is 0 Å². The van der Waals surface area contributed by atoms with Crippen molar-refractivity contribution in [3.8, 4) is 0 Å². The van der Waals surface area contributed by atoms with E-state index >= 15 is 0 Å². The summed E-state index contributed by atoms with van der Waals surface area (Å²) in [5.41, 5.74) is 0.770. The van der Waals surface area contributed by atoms with E-state index in [0.717, 1.165) is 42.8 Å². The summed E-state index contributed by atoms with van der Waals surface area (Å²) in [5, 5.41) is 14.5. The van der Waals surface area contributed by atoms with Crippen LogP contribution in [-0.4, -0.2) is 33.3 Å². The van der Waals surface area contributed by atoms with E-state index in [0.29, 0.717) is 5.95 Å². The average Bonchev–Trinajstić information content (AvgIpc) is 2.89. The first kappa shape index (κ1) is 13.6. The highest BCUT2D eigenvalue weighted by atomic mass is 15.2. The lowest BCUT2D eigenvalue weighted by molar-refractivity contribution is 0.742. The van der Waals surface area contributed by atoms with Crippen LogP contribution in [0.3, 0.4) is 0 Å². The number of hydrogen-bond donors (Lipinski definition) is 3. The molecular formula is C13H22N6. The molecule has 0 aliphatic rings. The molecule has 3 N–H and O–H groups in total. The Hall–Kier alpha value is -1.85. The Morgan fingerprint density at radius 2 is 1.95 bits per heavy atom. The molecule has 0 amide bonds. The molecule has 0 fully saturated rings. The van der Waals surface area contributed by atoms with Crippen molar-refractivity contribution < 1.29 is 0 Å². The number of hydrogen-bond acceptors (Lipinski definition) is 5. The molecule has 0 saturated heterocycles. The molecule has 0 radical (unpaired) electrons. The van der Waals surface area contributed by atoms with Gasteiger partial charge in [-0.15, -0.1) is 0 Å². The Bertz CT molecular complexity index is 507. The van der Waals surface area contributed by atoms with E-state index in [1.165, 1.54) is 12.8 Å². The van der Waals surface area contributed by atoms with Crippen LogP contribution in [0, 0.1) is 0 Å². The molecule has 0 spiro atoms. The topological polar surface area (TPSA) is 78.5 Å². The van der Waals surface area contributed by atoms with Crippen molar-refractivity contribution in [2.45, 2.75) is 39.5 Å². The number of nitrogens with zero attached hydrogens (tertiary/aromatic N) is 3. The summed E-state index contributed by atoms with van der Waals surface area (Å²) in [4.78, 5) is 8.91. The van der Waals surface area contributed by atoms with E-state index in [1.54, 1.807) is 6.20 Å². The van der Waals surface area contributed by atoms with E-state index in [1.807, 2.05) is 0 Å². The first-order chi connectivity index (χ1) is 9.35. The van der Waals surface area contributed by atoms with Crippen molar-refractivity contribution in [2.75, 3.05) is 23.7 Å². The highest BCUT2D eigenvalue weighted by molar-refractivity contribution is 5.86. The molecule has 2 aromatic heterocycles. The van der Waals surface area contributed by atoms with E-state index < -0.39 is 0 Å². The maximum Gasteiger partial charge on any atom is 0.226 e. The Labute approximate surface area is 113 Å². The zero-order valence-corrected chi connectivity index (χ0v) is 11.7. The predicted molar refractivity (Wildman–Crippen MR) is 78.5 cm³/mol. The molecule has 2 heterocycles. The summed E-state index contributed by atoms with van der Waals surface area (Å²) in [6, 6.07) is 0. The van der Waals surface area contributed by atoms with Crippen molar-refractivity contribution >= 4 is 22.8 Å². The Kier molecular flexibility index (Phi) is 4.94. The highest BCUT2D eigenvalue weighted by Crippen LogP contribution is 2.19. The summed E-state index contributed by atoms with van der Waals surface area (Å²) in [6.07, 6.45) is 6.41. The molecule has 0 atom stereocenters. The van der Waals surface area contributed by atoms with Gasteiger partial charge in [-0.05, 0) is 12.8 Å². The maximum absolute atomic E-state index is 4.51. The maximum atomic E-state index is 4.51. The van der Waals surface area contributed by atoms with Crippen molar-refractivity contribution in [3.05, 3.63) is 6.20 Å². The zero-order valence-electron chi connectivity index (χ0n) is 11.7. The van der Waals surface area contributed by atoms with Crippen molar-refractivity contribution in [2.24, 2.45) is 0 Å². The fourth-order valence-corrected chi connectivity index (χ4v) is 1.87. The van der Waals surface area contributed by atoms with E-state index in [2.05, 4.69) is 44.6 Å². The first-order valence-corrected chi connectivity index (χ1v) is 7.04. The molecule has 0 aliphatic heterocycles. The van der Waals surface area contributed by atoms with Gasteiger partial charge in [0.25, 0.3) is 0 Å². The van der Waals surface area contributed by atoms with E-state index in [-0.39, 0.29) is 0 Å². The molecule has 6 heteroatoms. The summed E-state index contributed by atoms with van der Waals surface area (Å²) in [7, 11) is 0. The van der Waals surface area contributed by atoms with Crippen LogP contribution in [0.4, 0.5) is 11.8 Å². The van der Waals surface area contributed by atoms with Crippen LogP contribution in [0.2, 0.25) is 0 Å². The van der Waals surface area contributed by atoms with Gasteiger partial charge in [0.2, 0.25) is 5.95 Å². The fourth-order valence-electron chi connectivity index (χ4n) is 1.87. The molecule has 19 heavy (non-hydrogen) atoms. The number of H-pyrrole nitrogens is 1. The number of unbranched alkanes of at least 4 members (excludes halogenated alkanes) is 2. The summed E-state index contributed by atoms with van der Waals surface area (Å²) in [5.74, 6) is 1.50. The lowest BCUT2D eigenvalue weighted by atomic mass is 10.2. The average molecular weight is 262 g/mol. The third-order valence-electron chi connectivity index (χ3n) is 2.92. The molecule has 0 unspecified atom stereocenters. The third kappa shape index (κ3) is 3.56. The van der Waals surface area contributed by atoms with Crippen LogP contribution in [0.25, 0.3) is 11.0 Å². The van der Waals surface area contributed by atoms with E-state index in [4.69, 9.17) is 0 Å². The lowest BCUT2D eigenvalue weighted by Crippen LogP contribution is -2.09. The van der Waals surface area contributed by atoms with Gasteiger partial charge < -0.3 is 10.6 Å². The molecule has 0 saturated carbocycles. The predicted octanol–water partition coefficient (Wildman–Crippen LogP) is 2.78. The fraction of sp³-hybridized carbons (Fsp3) is 0.615. The van der Waals surface area contributed by atoms with Gasteiger partial charge in [0.05, 0.1) is 11.6 Å². The number of nitrogens with one attached hydrogen (secondary N) is 3. The van der Waals surface area contributed by atoms with Gasteiger partial charge in [0.1, 0.15) is 5.82 Å². The van der Waals surface area contributed by atoms with Crippen molar-refractivity contribution in [1.82, 2.24) is 20.2 Å². The Morgan fingerprint density at radius 1 is 1.05 bits per heavy atom. The van der Waals surface area contributed by atoms with E-state index in [9.17, 15) is 0 Å². The second-order valence-electron chi connectivity index (χ2n) is 4.59. The molecular weight excluding hydrogens is 240 g/mol. The van der Waals surface area contributed by atoms with Crippen LogP contribution < -0.4 is 10.6 Å². The minimum absolute atomic E-state index is 0.650. The smallest absolute Gasteiger partial charge is 0.226 e. The van der Waals surface area contributed by atoms with Crippen molar-refractivity contribution in [3.63, 3.8) is 0 Å². The molecule has 2 rings (SSSR count). The van der Waals surface area contributed by atoms with Crippen LogP contribution in [0.15, 0.2) is 6.20 Å². The summed E-state index contributed by atoms with van der Waals surface area (Å²) in [6.45, 7) is 6.12. The molecule has 6 nitrogen and oxygen atoms in total. The minimum Gasteiger partial charge on any atom is -0.369 e. The van der Waals surface area contributed by atoms with Crippen LogP contribution in [0.5, 0.6) is 0 Å². The molecule has 0 aliphatic carbocycles. The Morgan fingerprint density at radius 3 is 2.74 bits per heavy atom. The third-order valence-corrected chi connectivity index (χ3v) is 2.92. The van der Waals surface area contributed by atoms with Gasteiger partial charge in [0.15, 0.2) is 5.65 Å². The SMILES string of the molecule is CCCCCNc1nc(NCCC)nc2[nH]ncc12. The minimum atomic E-state index is 0.650. The number of fused-ring (bicyclic) bond motifs is 1. The Balaban J connectivity index is 2.12. The molecule has 2 aromatic rings.